The van der Waals surface area contributed by atoms with Gasteiger partial charge in [0.25, 0.3) is 11.8 Å². The van der Waals surface area contributed by atoms with Crippen LogP contribution in [-0.2, 0) is 11.3 Å². The summed E-state index contributed by atoms with van der Waals surface area (Å²) < 4.78 is 23.4. The molecular formula is C24H21FN2O5. The van der Waals surface area contributed by atoms with Gasteiger partial charge in [0.2, 0.25) is 0 Å². The molecule has 2 N–H and O–H groups in total. The Morgan fingerprint density at radius 2 is 1.66 bits per heavy atom. The molecule has 164 valence electrons. The second-order valence-corrected chi connectivity index (χ2v) is 6.63. The van der Waals surface area contributed by atoms with E-state index in [9.17, 15) is 18.8 Å². The lowest BCUT2D eigenvalue weighted by atomic mass is 10.1. The molecule has 8 heteroatoms. The number of ether oxygens (including phenoxy) is 2. The van der Waals surface area contributed by atoms with E-state index in [0.717, 1.165) is 5.56 Å². The van der Waals surface area contributed by atoms with Crippen LogP contribution < -0.4 is 15.4 Å². The molecule has 3 aromatic carbocycles. The number of anilines is 1. The molecule has 0 aromatic heterocycles. The molecule has 0 radical (unpaired) electrons. The molecule has 0 saturated carbocycles. The number of carbonyl (C=O) groups excluding carboxylic acids is 3. The highest BCUT2D eigenvalue weighted by Gasteiger charge is 2.11. The van der Waals surface area contributed by atoms with Crippen LogP contribution >= 0.6 is 0 Å². The van der Waals surface area contributed by atoms with E-state index >= 15 is 0 Å². The van der Waals surface area contributed by atoms with E-state index in [1.807, 2.05) is 0 Å². The summed E-state index contributed by atoms with van der Waals surface area (Å²) in [5, 5.41) is 5.42. The van der Waals surface area contributed by atoms with E-state index < -0.39 is 17.9 Å². The summed E-state index contributed by atoms with van der Waals surface area (Å²) >= 11 is 0. The minimum absolute atomic E-state index is 0.0349. The van der Waals surface area contributed by atoms with E-state index in [1.165, 1.54) is 42.5 Å². The zero-order valence-electron chi connectivity index (χ0n) is 17.3. The molecule has 0 spiro atoms. The summed E-state index contributed by atoms with van der Waals surface area (Å²) in [6, 6.07) is 18.7. The number of halogens is 1. The first-order chi connectivity index (χ1) is 15.5. The predicted octanol–water partition coefficient (Wildman–Crippen LogP) is 4.54. The van der Waals surface area contributed by atoms with E-state index in [4.69, 9.17) is 9.47 Å². The van der Waals surface area contributed by atoms with Crippen LogP contribution in [0.1, 0.15) is 33.2 Å². The van der Waals surface area contributed by atoms with E-state index in [-0.39, 0.29) is 30.4 Å². The Hall–Kier alpha value is -4.20. The van der Waals surface area contributed by atoms with Gasteiger partial charge in [0.05, 0.1) is 12.2 Å². The number of carbonyl (C=O) groups is 3. The van der Waals surface area contributed by atoms with Gasteiger partial charge in [-0.25, -0.2) is 9.18 Å². The number of nitrogens with one attached hydrogen (secondary N) is 2. The average Bonchev–Trinajstić information content (AvgIpc) is 2.78. The Labute approximate surface area is 184 Å². The fourth-order valence-electron chi connectivity index (χ4n) is 2.80. The van der Waals surface area contributed by atoms with Crippen molar-refractivity contribution in [3.05, 3.63) is 95.3 Å². The van der Waals surface area contributed by atoms with Gasteiger partial charge < -0.3 is 20.1 Å². The van der Waals surface area contributed by atoms with E-state index in [0.29, 0.717) is 11.3 Å². The van der Waals surface area contributed by atoms with Gasteiger partial charge in [0.15, 0.2) is 0 Å². The fraction of sp³-hybridized carbons (Fsp3) is 0.125. The molecule has 0 aliphatic rings. The van der Waals surface area contributed by atoms with Crippen molar-refractivity contribution in [1.82, 2.24) is 5.32 Å². The van der Waals surface area contributed by atoms with Crippen LogP contribution in [0.2, 0.25) is 0 Å². The molecule has 32 heavy (non-hydrogen) atoms. The Balaban J connectivity index is 1.58. The highest BCUT2D eigenvalue weighted by molar-refractivity contribution is 6.04. The number of benzene rings is 3. The first kappa shape index (κ1) is 22.5. The molecule has 0 aliphatic heterocycles. The van der Waals surface area contributed by atoms with Crippen molar-refractivity contribution in [1.29, 1.82) is 0 Å². The van der Waals surface area contributed by atoms with Gasteiger partial charge in [-0.15, -0.1) is 0 Å². The smallest absolute Gasteiger partial charge is 0.434 e. The maximum atomic E-state index is 13.7. The molecular weight excluding hydrogens is 415 g/mol. The van der Waals surface area contributed by atoms with Crippen molar-refractivity contribution < 1.29 is 28.2 Å². The molecule has 0 unspecified atom stereocenters. The summed E-state index contributed by atoms with van der Waals surface area (Å²) in [4.78, 5) is 36.0. The third-order valence-electron chi connectivity index (χ3n) is 4.34. The number of amides is 2. The minimum Gasteiger partial charge on any atom is -0.434 e. The van der Waals surface area contributed by atoms with Gasteiger partial charge in [-0.1, -0.05) is 24.3 Å². The lowest BCUT2D eigenvalue weighted by Crippen LogP contribution is -2.23. The van der Waals surface area contributed by atoms with Gasteiger partial charge in [-0.05, 0) is 61.0 Å². The molecule has 0 atom stereocenters. The van der Waals surface area contributed by atoms with Gasteiger partial charge in [0, 0.05) is 17.8 Å². The van der Waals surface area contributed by atoms with Gasteiger partial charge >= 0.3 is 6.16 Å². The second-order valence-electron chi connectivity index (χ2n) is 6.63. The van der Waals surface area contributed by atoms with Crippen LogP contribution in [0.3, 0.4) is 0 Å². The van der Waals surface area contributed by atoms with Crippen molar-refractivity contribution in [2.24, 2.45) is 0 Å². The summed E-state index contributed by atoms with van der Waals surface area (Å²) in [5.74, 6) is -1.22. The van der Waals surface area contributed by atoms with Crippen LogP contribution in [0.5, 0.6) is 5.75 Å². The Bertz CT molecular complexity index is 1120. The summed E-state index contributed by atoms with van der Waals surface area (Å²) in [6.07, 6.45) is -0.816. The monoisotopic (exact) mass is 436 g/mol. The van der Waals surface area contributed by atoms with Gasteiger partial charge in [-0.2, -0.15) is 0 Å². The molecule has 0 saturated heterocycles. The zero-order chi connectivity index (χ0) is 22.9. The maximum Gasteiger partial charge on any atom is 0.513 e. The quantitative estimate of drug-likeness (QED) is 0.419. The highest BCUT2D eigenvalue weighted by atomic mass is 19.1. The van der Waals surface area contributed by atoms with Crippen molar-refractivity contribution >= 4 is 23.7 Å². The lowest BCUT2D eigenvalue weighted by Gasteiger charge is -2.10. The third kappa shape index (κ3) is 6.15. The topological polar surface area (TPSA) is 93.7 Å². The normalized spacial score (nSPS) is 10.2. The van der Waals surface area contributed by atoms with Gasteiger partial charge in [0.1, 0.15) is 11.6 Å². The largest absolute Gasteiger partial charge is 0.513 e. The molecule has 3 aromatic rings. The van der Waals surface area contributed by atoms with Crippen molar-refractivity contribution in [3.8, 4) is 5.75 Å². The summed E-state index contributed by atoms with van der Waals surface area (Å²) in [5.41, 5.74) is 1.58. The Morgan fingerprint density at radius 1 is 0.906 bits per heavy atom. The molecule has 0 bridgehead atoms. The molecule has 0 aliphatic carbocycles. The minimum atomic E-state index is -0.816. The summed E-state index contributed by atoms with van der Waals surface area (Å²) in [7, 11) is 0. The number of hydrogen-bond donors (Lipinski definition) is 2. The standard InChI is InChI=1S/C24H21FN2O5/c1-2-31-24(30)32-19-12-10-17(11-13-19)22(28)27-18-7-5-6-16(14-18)15-26-23(29)20-8-3-4-9-21(20)25/h3-14H,2,15H2,1H3,(H,26,29)(H,27,28). The van der Waals surface area contributed by atoms with Crippen molar-refractivity contribution in [2.75, 3.05) is 11.9 Å². The van der Waals surface area contributed by atoms with Crippen LogP contribution in [0.15, 0.2) is 72.8 Å². The number of rotatable bonds is 7. The fourth-order valence-corrected chi connectivity index (χ4v) is 2.80. The average molecular weight is 436 g/mol. The molecule has 3 rings (SSSR count). The molecule has 2 amide bonds. The third-order valence-corrected chi connectivity index (χ3v) is 4.34. The SMILES string of the molecule is CCOC(=O)Oc1ccc(C(=O)Nc2cccc(CNC(=O)c3ccccc3F)c2)cc1. The first-order valence-corrected chi connectivity index (χ1v) is 9.84. The predicted molar refractivity (Wildman–Crippen MR) is 116 cm³/mol. The lowest BCUT2D eigenvalue weighted by molar-refractivity contribution is 0.0945. The molecule has 0 heterocycles. The maximum absolute atomic E-state index is 13.7. The van der Waals surface area contributed by atoms with Crippen LogP contribution in [0.4, 0.5) is 14.9 Å². The van der Waals surface area contributed by atoms with E-state index in [2.05, 4.69) is 10.6 Å². The molecule has 7 nitrogen and oxygen atoms in total. The molecule has 0 fully saturated rings. The Kier molecular flexibility index (Phi) is 7.53. The van der Waals surface area contributed by atoms with Crippen LogP contribution in [0, 0.1) is 5.82 Å². The van der Waals surface area contributed by atoms with Crippen LogP contribution in [0.25, 0.3) is 0 Å². The second kappa shape index (κ2) is 10.7. The highest BCUT2D eigenvalue weighted by Crippen LogP contribution is 2.16. The van der Waals surface area contributed by atoms with Gasteiger partial charge in [-0.3, -0.25) is 9.59 Å². The van der Waals surface area contributed by atoms with Crippen LogP contribution in [-0.4, -0.2) is 24.6 Å². The number of hydrogen-bond acceptors (Lipinski definition) is 5. The zero-order valence-corrected chi connectivity index (χ0v) is 17.3. The first-order valence-electron chi connectivity index (χ1n) is 9.84. The van der Waals surface area contributed by atoms with Crippen molar-refractivity contribution in [2.45, 2.75) is 13.5 Å². The summed E-state index contributed by atoms with van der Waals surface area (Å²) in [6.45, 7) is 2.03. The van der Waals surface area contributed by atoms with Crippen molar-refractivity contribution in [3.63, 3.8) is 0 Å². The Morgan fingerprint density at radius 3 is 2.38 bits per heavy atom. The van der Waals surface area contributed by atoms with E-state index in [1.54, 1.807) is 37.3 Å².